The molecule has 2 aromatic rings. The first-order valence-electron chi connectivity index (χ1n) is 5.23. The van der Waals surface area contributed by atoms with Gasteiger partial charge in [0, 0.05) is 14.5 Å². The maximum absolute atomic E-state index is 3.56. The predicted molar refractivity (Wildman–Crippen MR) is 91.2 cm³/mol. The van der Waals surface area contributed by atoms with Crippen LogP contribution in [-0.4, -0.2) is 0 Å². The summed E-state index contributed by atoms with van der Waals surface area (Å²) in [6.07, 6.45) is 0. The van der Waals surface area contributed by atoms with Gasteiger partial charge >= 0.3 is 0 Å². The molecule has 0 saturated carbocycles. The third kappa shape index (κ3) is 2.07. The van der Waals surface area contributed by atoms with E-state index < -0.39 is 0 Å². The highest BCUT2D eigenvalue weighted by molar-refractivity contribution is 9.28. The van der Waals surface area contributed by atoms with Crippen molar-refractivity contribution in [1.82, 2.24) is 0 Å². The van der Waals surface area contributed by atoms with Crippen LogP contribution in [0.4, 0.5) is 0 Å². The van der Waals surface area contributed by atoms with Gasteiger partial charge in [-0.1, -0.05) is 44.0 Å². The number of fused-ring (bicyclic) bond motifs is 3. The van der Waals surface area contributed by atoms with Crippen LogP contribution in [0, 0.1) is 0 Å². The summed E-state index contributed by atoms with van der Waals surface area (Å²) in [6, 6.07) is 12.8. The van der Waals surface area contributed by atoms with Crippen LogP contribution < -0.4 is 0 Å². The Balaban J connectivity index is 2.41. The van der Waals surface area contributed by atoms with Crippen molar-refractivity contribution in [1.29, 1.82) is 0 Å². The summed E-state index contributed by atoms with van der Waals surface area (Å²) in [5.41, 5.74) is 6.21. The van der Waals surface area contributed by atoms with Gasteiger partial charge in [-0.15, -0.1) is 0 Å². The zero-order valence-electron chi connectivity index (χ0n) is 8.98. The van der Waals surface area contributed by atoms with Crippen molar-refractivity contribution in [3.8, 4) is 11.1 Å². The molecule has 0 radical (unpaired) electrons. The van der Waals surface area contributed by atoms with Crippen LogP contribution in [0.1, 0.15) is 11.1 Å². The highest BCUT2D eigenvalue weighted by Crippen LogP contribution is 2.49. The first-order valence-corrected chi connectivity index (χ1v) is 8.40. The smallest absolute Gasteiger partial charge is 0.0526 e. The second-order valence-electron chi connectivity index (χ2n) is 4.02. The van der Waals surface area contributed by atoms with Crippen LogP contribution in [-0.2, 0) is 0 Å². The van der Waals surface area contributed by atoms with Gasteiger partial charge in [0.15, 0.2) is 0 Å². The van der Waals surface area contributed by atoms with Crippen molar-refractivity contribution in [2.45, 2.75) is 0 Å². The minimum absolute atomic E-state index is 0.978. The van der Waals surface area contributed by atoms with Gasteiger partial charge in [-0.05, 0) is 78.4 Å². The second-order valence-corrected chi connectivity index (χ2v) is 8.50. The molecule has 0 nitrogen and oxygen atoms in total. The SMILES string of the molecule is BrC(Br)=C1c2cc(Br)ccc2-c2ccc(Br)cc21. The highest BCUT2D eigenvalue weighted by Gasteiger charge is 2.25. The predicted octanol–water partition coefficient (Wildman–Crippen LogP) is 6.70. The fraction of sp³-hybridized carbons (Fsp3) is 0. The molecule has 1 aliphatic carbocycles. The van der Waals surface area contributed by atoms with E-state index in [0.717, 1.165) is 12.3 Å². The third-order valence-corrected chi connectivity index (χ3v) is 4.76. The van der Waals surface area contributed by atoms with Crippen LogP contribution in [0.5, 0.6) is 0 Å². The molecule has 0 spiro atoms. The molecule has 3 rings (SSSR count). The maximum atomic E-state index is 3.56. The number of hydrogen-bond acceptors (Lipinski definition) is 0. The van der Waals surface area contributed by atoms with E-state index in [1.807, 2.05) is 0 Å². The Morgan fingerprint density at radius 3 is 1.50 bits per heavy atom. The molecule has 0 amide bonds. The number of halogens is 4. The van der Waals surface area contributed by atoms with E-state index in [0.29, 0.717) is 0 Å². The summed E-state index contributed by atoms with van der Waals surface area (Å²) in [5.74, 6) is 0. The van der Waals surface area contributed by atoms with E-state index in [4.69, 9.17) is 0 Å². The molecule has 18 heavy (non-hydrogen) atoms. The van der Waals surface area contributed by atoms with Gasteiger partial charge in [-0.2, -0.15) is 0 Å². The average Bonchev–Trinajstić information content (AvgIpc) is 2.60. The molecular formula is C14H6Br4. The summed E-state index contributed by atoms with van der Waals surface area (Å²) in [6.45, 7) is 0. The van der Waals surface area contributed by atoms with Crippen molar-refractivity contribution in [2.24, 2.45) is 0 Å². The lowest BCUT2D eigenvalue weighted by Crippen LogP contribution is -1.82. The monoisotopic (exact) mass is 490 g/mol. The van der Waals surface area contributed by atoms with Crippen molar-refractivity contribution < 1.29 is 0 Å². The van der Waals surface area contributed by atoms with Gasteiger partial charge in [0.2, 0.25) is 0 Å². The molecule has 0 unspecified atom stereocenters. The van der Waals surface area contributed by atoms with E-state index in [9.17, 15) is 0 Å². The average molecular weight is 494 g/mol. The van der Waals surface area contributed by atoms with Crippen LogP contribution in [0.15, 0.2) is 48.7 Å². The summed E-state index contributed by atoms with van der Waals surface area (Å²) >= 11 is 14.2. The molecule has 0 aromatic heterocycles. The zero-order chi connectivity index (χ0) is 12.9. The lowest BCUT2D eigenvalue weighted by Gasteiger charge is -2.03. The van der Waals surface area contributed by atoms with E-state index in [1.165, 1.54) is 27.8 Å². The molecule has 0 atom stereocenters. The fourth-order valence-electron chi connectivity index (χ4n) is 2.27. The fourth-order valence-corrected chi connectivity index (χ4v) is 3.84. The molecule has 1 aliphatic rings. The first-order chi connectivity index (χ1) is 8.58. The molecule has 90 valence electrons. The second kappa shape index (κ2) is 4.89. The van der Waals surface area contributed by atoms with Crippen LogP contribution in [0.2, 0.25) is 0 Å². The van der Waals surface area contributed by atoms with E-state index >= 15 is 0 Å². The van der Waals surface area contributed by atoms with Gasteiger partial charge in [-0.25, -0.2) is 0 Å². The Hall–Kier alpha value is 0.1000. The summed E-state index contributed by atoms with van der Waals surface area (Å²) in [5, 5.41) is 0. The van der Waals surface area contributed by atoms with Crippen molar-refractivity contribution in [3.05, 3.63) is 59.9 Å². The molecule has 0 N–H and O–H groups in total. The van der Waals surface area contributed by atoms with E-state index in [2.05, 4.69) is 100 Å². The lowest BCUT2D eigenvalue weighted by atomic mass is 10.1. The van der Waals surface area contributed by atoms with Gasteiger partial charge in [0.1, 0.15) is 0 Å². The van der Waals surface area contributed by atoms with Crippen LogP contribution in [0.25, 0.3) is 16.7 Å². The molecular weight excluding hydrogens is 488 g/mol. The van der Waals surface area contributed by atoms with Gasteiger partial charge in [-0.3, -0.25) is 0 Å². The number of rotatable bonds is 0. The Labute approximate surface area is 139 Å². The van der Waals surface area contributed by atoms with Gasteiger partial charge < -0.3 is 0 Å². The molecule has 0 aliphatic heterocycles. The highest BCUT2D eigenvalue weighted by atomic mass is 79.9. The number of hydrogen-bond donors (Lipinski definition) is 0. The number of benzene rings is 2. The topological polar surface area (TPSA) is 0 Å². The molecule has 0 heterocycles. The van der Waals surface area contributed by atoms with Crippen LogP contribution in [0.3, 0.4) is 0 Å². The molecule has 2 aromatic carbocycles. The Morgan fingerprint density at radius 2 is 1.11 bits per heavy atom. The van der Waals surface area contributed by atoms with E-state index in [-0.39, 0.29) is 0 Å². The minimum atomic E-state index is 0.978. The van der Waals surface area contributed by atoms with E-state index in [1.54, 1.807) is 0 Å². The van der Waals surface area contributed by atoms with Gasteiger partial charge in [0.25, 0.3) is 0 Å². The van der Waals surface area contributed by atoms with Gasteiger partial charge in [0.05, 0.1) is 3.39 Å². The standard InChI is InChI=1S/C14H6Br4/c15-7-1-3-9-10-4-2-8(16)6-12(10)13(14(17)18)11(9)5-7/h1-6H. The lowest BCUT2D eigenvalue weighted by molar-refractivity contribution is 1.60. The molecule has 4 heteroatoms. The Bertz CT molecular complexity index is 629. The molecule has 0 saturated heterocycles. The Kier molecular flexibility index (Phi) is 3.56. The maximum Gasteiger partial charge on any atom is 0.0688 e. The zero-order valence-corrected chi connectivity index (χ0v) is 15.3. The summed E-state index contributed by atoms with van der Waals surface area (Å²) in [7, 11) is 0. The minimum Gasteiger partial charge on any atom is -0.0526 e. The van der Waals surface area contributed by atoms with Crippen molar-refractivity contribution in [2.75, 3.05) is 0 Å². The van der Waals surface area contributed by atoms with Crippen molar-refractivity contribution >= 4 is 69.3 Å². The van der Waals surface area contributed by atoms with Crippen molar-refractivity contribution in [3.63, 3.8) is 0 Å². The quantitative estimate of drug-likeness (QED) is 0.327. The summed E-state index contributed by atoms with van der Waals surface area (Å²) in [4.78, 5) is 0. The first kappa shape index (κ1) is 13.1. The molecule has 0 fully saturated rings. The summed E-state index contributed by atoms with van der Waals surface area (Å²) < 4.78 is 3.16. The van der Waals surface area contributed by atoms with Crippen LogP contribution >= 0.6 is 63.7 Å². The Morgan fingerprint density at radius 1 is 0.667 bits per heavy atom. The largest absolute Gasteiger partial charge is 0.0688 e. The normalized spacial score (nSPS) is 12.3. The molecule has 0 bridgehead atoms. The third-order valence-electron chi connectivity index (χ3n) is 2.98.